The van der Waals surface area contributed by atoms with Crippen LogP contribution in [0.1, 0.15) is 11.1 Å². The number of carbonyl (C=O) groups excluding carboxylic acids is 1. The number of hydrogen-bond donors (Lipinski definition) is 3. The van der Waals surface area contributed by atoms with E-state index in [4.69, 9.17) is 26.2 Å². The first kappa shape index (κ1) is 23.8. The number of rotatable bonds is 9. The number of carboxylic acids is 1. The van der Waals surface area contributed by atoms with Gasteiger partial charge in [0, 0.05) is 5.69 Å². The Balaban J connectivity index is 1.95. The molecule has 2 aromatic rings. The topological polar surface area (TPSA) is 109 Å². The molecule has 12 heteroatoms. The Kier molecular flexibility index (Phi) is 8.08. The maximum atomic E-state index is 12.7. The molecule has 0 spiro atoms. The Morgan fingerprint density at radius 1 is 1.26 bits per heavy atom. The fraction of sp³-hybridized carbons (Fsp3) is 0.211. The van der Waals surface area contributed by atoms with Crippen molar-refractivity contribution in [3.8, 4) is 11.5 Å². The summed E-state index contributed by atoms with van der Waals surface area (Å²) in [4.78, 5) is 22.5. The van der Waals surface area contributed by atoms with E-state index in [2.05, 4.69) is 15.8 Å². The Labute approximate surface area is 179 Å². The smallest absolute Gasteiger partial charge is 0.416 e. The average molecular weight is 460 g/mol. The second-order valence-corrected chi connectivity index (χ2v) is 6.35. The number of anilines is 1. The van der Waals surface area contributed by atoms with E-state index in [0.29, 0.717) is 5.56 Å². The molecule has 0 radical (unpaired) electrons. The van der Waals surface area contributed by atoms with Crippen LogP contribution in [0.3, 0.4) is 0 Å². The summed E-state index contributed by atoms with van der Waals surface area (Å²) in [6.45, 7) is -0.927. The minimum Gasteiger partial charge on any atom is -0.493 e. The second kappa shape index (κ2) is 10.5. The molecule has 3 N–H and O–H groups in total. The van der Waals surface area contributed by atoms with Crippen LogP contribution in [0.25, 0.3) is 0 Å². The van der Waals surface area contributed by atoms with Gasteiger partial charge in [-0.15, -0.1) is 0 Å². The van der Waals surface area contributed by atoms with Crippen LogP contribution < -0.4 is 20.2 Å². The number of methoxy groups -OCH3 is 1. The Morgan fingerprint density at radius 3 is 2.65 bits per heavy atom. The molecule has 0 unspecified atom stereocenters. The van der Waals surface area contributed by atoms with Gasteiger partial charge in [-0.3, -0.25) is 4.79 Å². The van der Waals surface area contributed by atoms with Crippen LogP contribution in [-0.4, -0.2) is 43.5 Å². The van der Waals surface area contributed by atoms with E-state index in [-0.39, 0.29) is 28.8 Å². The summed E-state index contributed by atoms with van der Waals surface area (Å²) in [6.07, 6.45) is -3.24. The van der Waals surface area contributed by atoms with Crippen molar-refractivity contribution in [2.45, 2.75) is 6.18 Å². The number of benzene rings is 2. The van der Waals surface area contributed by atoms with Crippen molar-refractivity contribution in [2.75, 3.05) is 25.6 Å². The van der Waals surface area contributed by atoms with Gasteiger partial charge in [0.15, 0.2) is 18.1 Å². The minimum absolute atomic E-state index is 0.0399. The number of nitrogens with zero attached hydrogens (tertiary/aromatic N) is 1. The molecule has 166 valence electrons. The van der Waals surface area contributed by atoms with Gasteiger partial charge in [-0.05, 0) is 35.9 Å². The Morgan fingerprint density at radius 2 is 2.00 bits per heavy atom. The first-order chi connectivity index (χ1) is 14.6. The molecule has 0 heterocycles. The number of carbonyl (C=O) groups is 2. The molecule has 0 bridgehead atoms. The number of aliphatic carboxylic acids is 1. The van der Waals surface area contributed by atoms with Crippen LogP contribution in [0, 0.1) is 0 Å². The van der Waals surface area contributed by atoms with Crippen LogP contribution >= 0.6 is 11.6 Å². The summed E-state index contributed by atoms with van der Waals surface area (Å²) in [5, 5.41) is 15.1. The predicted molar refractivity (Wildman–Crippen MR) is 107 cm³/mol. The zero-order chi connectivity index (χ0) is 23.0. The molecule has 0 saturated heterocycles. The largest absolute Gasteiger partial charge is 0.493 e. The van der Waals surface area contributed by atoms with E-state index in [0.717, 1.165) is 12.1 Å². The number of carboxylic acid groups (broad SMARTS) is 1. The van der Waals surface area contributed by atoms with Crippen molar-refractivity contribution in [1.82, 2.24) is 5.43 Å². The van der Waals surface area contributed by atoms with Crippen molar-refractivity contribution in [3.63, 3.8) is 0 Å². The van der Waals surface area contributed by atoms with Gasteiger partial charge in [0.05, 0.1) is 30.5 Å². The highest BCUT2D eigenvalue weighted by molar-refractivity contribution is 6.32. The molecule has 0 aliphatic rings. The highest BCUT2D eigenvalue weighted by Gasteiger charge is 2.30. The van der Waals surface area contributed by atoms with Crippen molar-refractivity contribution in [3.05, 3.63) is 52.5 Å². The van der Waals surface area contributed by atoms with Crippen LogP contribution in [0.2, 0.25) is 5.02 Å². The van der Waals surface area contributed by atoms with Crippen molar-refractivity contribution >= 4 is 35.4 Å². The number of hydrogen-bond acceptors (Lipinski definition) is 6. The second-order valence-electron chi connectivity index (χ2n) is 5.94. The summed E-state index contributed by atoms with van der Waals surface area (Å²) < 4.78 is 48.3. The number of ether oxygens (including phenoxy) is 2. The van der Waals surface area contributed by atoms with Gasteiger partial charge in [0.1, 0.15) is 0 Å². The van der Waals surface area contributed by atoms with Crippen LogP contribution in [0.4, 0.5) is 18.9 Å². The number of halogens is 4. The summed E-state index contributed by atoms with van der Waals surface area (Å²) in [5.74, 6) is -1.59. The molecule has 31 heavy (non-hydrogen) atoms. The molecule has 0 saturated carbocycles. The molecule has 0 atom stereocenters. The average Bonchev–Trinajstić information content (AvgIpc) is 2.70. The number of nitrogens with one attached hydrogen (secondary N) is 2. The third-order valence-corrected chi connectivity index (χ3v) is 3.92. The fourth-order valence-corrected chi connectivity index (χ4v) is 2.57. The lowest BCUT2D eigenvalue weighted by molar-refractivity contribution is -0.139. The summed E-state index contributed by atoms with van der Waals surface area (Å²) in [7, 11) is 1.33. The maximum absolute atomic E-state index is 12.7. The summed E-state index contributed by atoms with van der Waals surface area (Å²) in [6, 6.07) is 7.30. The normalized spacial score (nSPS) is 11.3. The highest BCUT2D eigenvalue weighted by atomic mass is 35.5. The molecule has 0 aliphatic carbocycles. The van der Waals surface area contributed by atoms with Gasteiger partial charge in [-0.1, -0.05) is 17.7 Å². The monoisotopic (exact) mass is 459 g/mol. The van der Waals surface area contributed by atoms with E-state index in [1.165, 1.54) is 37.6 Å². The van der Waals surface area contributed by atoms with Gasteiger partial charge >= 0.3 is 12.1 Å². The third kappa shape index (κ3) is 7.37. The lowest BCUT2D eigenvalue weighted by atomic mass is 10.2. The zero-order valence-corrected chi connectivity index (χ0v) is 16.8. The van der Waals surface area contributed by atoms with Crippen LogP contribution in [-0.2, 0) is 15.8 Å². The van der Waals surface area contributed by atoms with E-state index in [9.17, 15) is 22.8 Å². The number of hydrazone groups is 1. The van der Waals surface area contributed by atoms with Gasteiger partial charge in [-0.25, -0.2) is 10.2 Å². The van der Waals surface area contributed by atoms with Crippen molar-refractivity contribution in [1.29, 1.82) is 0 Å². The molecule has 8 nitrogen and oxygen atoms in total. The Hall–Kier alpha value is -3.47. The number of alkyl halides is 3. The standard InChI is InChI=1S/C19H17ClF3N3O5/c1-30-15-6-11(5-14(20)18(15)31-10-17(28)29)8-25-26-16(27)9-24-13-4-2-3-12(7-13)19(21,22)23/h2-8,24H,9-10H2,1H3,(H,26,27)(H,28,29)/b25-8-. The summed E-state index contributed by atoms with van der Waals surface area (Å²) in [5.41, 5.74) is 1.92. The summed E-state index contributed by atoms with van der Waals surface area (Å²) >= 11 is 6.06. The lowest BCUT2D eigenvalue weighted by Gasteiger charge is -2.11. The van der Waals surface area contributed by atoms with E-state index in [1.807, 2.05) is 0 Å². The van der Waals surface area contributed by atoms with E-state index >= 15 is 0 Å². The molecule has 2 aromatic carbocycles. The SMILES string of the molecule is COc1cc(/C=N\NC(=O)CNc2cccc(C(F)(F)F)c2)cc(Cl)c1OCC(=O)O. The van der Waals surface area contributed by atoms with Crippen molar-refractivity contribution < 1.29 is 37.3 Å². The third-order valence-electron chi connectivity index (χ3n) is 3.64. The molecule has 0 aromatic heterocycles. The number of amides is 1. The van der Waals surface area contributed by atoms with Crippen molar-refractivity contribution in [2.24, 2.45) is 5.10 Å². The molecular weight excluding hydrogens is 443 g/mol. The van der Waals surface area contributed by atoms with Gasteiger partial charge in [0.25, 0.3) is 5.91 Å². The fourth-order valence-electron chi connectivity index (χ4n) is 2.29. The van der Waals surface area contributed by atoms with Gasteiger partial charge < -0.3 is 19.9 Å². The zero-order valence-electron chi connectivity index (χ0n) is 16.0. The highest BCUT2D eigenvalue weighted by Crippen LogP contribution is 2.36. The molecule has 0 fully saturated rings. The lowest BCUT2D eigenvalue weighted by Crippen LogP contribution is -2.26. The minimum atomic E-state index is -4.49. The molecule has 2 rings (SSSR count). The quantitative estimate of drug-likeness (QED) is 0.392. The molecule has 1 amide bonds. The Bertz CT molecular complexity index is 983. The van der Waals surface area contributed by atoms with Crippen LogP contribution in [0.5, 0.6) is 11.5 Å². The predicted octanol–water partition coefficient (Wildman–Crippen LogP) is 3.39. The van der Waals surface area contributed by atoms with E-state index < -0.39 is 30.2 Å². The maximum Gasteiger partial charge on any atom is 0.416 e. The molecular formula is C19H17ClF3N3O5. The van der Waals surface area contributed by atoms with Gasteiger partial charge in [-0.2, -0.15) is 18.3 Å². The first-order valence-electron chi connectivity index (χ1n) is 8.55. The van der Waals surface area contributed by atoms with E-state index in [1.54, 1.807) is 0 Å². The van der Waals surface area contributed by atoms with Crippen LogP contribution in [0.15, 0.2) is 41.5 Å². The van der Waals surface area contributed by atoms with Gasteiger partial charge in [0.2, 0.25) is 0 Å². The molecule has 0 aliphatic heterocycles. The first-order valence-corrected chi connectivity index (χ1v) is 8.93.